The Morgan fingerprint density at radius 2 is 1.47 bits per heavy atom. The zero-order valence-electron chi connectivity index (χ0n) is 11.3. The third kappa shape index (κ3) is 13.8. The lowest BCUT2D eigenvalue weighted by Gasteiger charge is -2.04. The highest BCUT2D eigenvalue weighted by Gasteiger charge is 2.02. The molecule has 1 unspecified atom stereocenters. The van der Waals surface area contributed by atoms with E-state index in [9.17, 15) is 4.39 Å². The van der Waals surface area contributed by atoms with Gasteiger partial charge in [-0.05, 0) is 19.8 Å². The Balaban J connectivity index is 2.94. The molecule has 2 nitrogen and oxygen atoms in total. The van der Waals surface area contributed by atoms with Crippen molar-refractivity contribution in [1.82, 2.24) is 0 Å². The fraction of sp³-hybridized carbons (Fsp3) is 1.00. The van der Waals surface area contributed by atoms with E-state index in [4.69, 9.17) is 9.84 Å². The molecule has 3 heteroatoms. The zero-order chi connectivity index (χ0) is 12.8. The van der Waals surface area contributed by atoms with E-state index in [0.29, 0.717) is 6.42 Å². The minimum atomic E-state index is -1.01. The van der Waals surface area contributed by atoms with Crippen LogP contribution >= 0.6 is 0 Å². The Morgan fingerprint density at radius 3 is 2.00 bits per heavy atom. The topological polar surface area (TPSA) is 29.5 Å². The largest absolute Gasteiger partial charge is 0.393 e. The zero-order valence-corrected chi connectivity index (χ0v) is 11.3. The second kappa shape index (κ2) is 13.9. The summed E-state index contributed by atoms with van der Waals surface area (Å²) in [6.45, 7) is 3.43. The van der Waals surface area contributed by atoms with E-state index in [1.807, 2.05) is 6.92 Å². The predicted molar refractivity (Wildman–Crippen MR) is 70.0 cm³/mol. The van der Waals surface area contributed by atoms with Gasteiger partial charge in [0.05, 0.1) is 6.61 Å². The Morgan fingerprint density at radius 1 is 0.941 bits per heavy atom. The van der Waals surface area contributed by atoms with Crippen LogP contribution in [0, 0.1) is 0 Å². The van der Waals surface area contributed by atoms with Gasteiger partial charge in [-0.3, -0.25) is 0 Å². The maximum atomic E-state index is 12.6. The maximum absolute atomic E-state index is 12.6. The van der Waals surface area contributed by atoms with E-state index in [1.165, 1.54) is 38.5 Å². The van der Waals surface area contributed by atoms with Crippen LogP contribution in [0.3, 0.4) is 0 Å². The quantitative estimate of drug-likeness (QED) is 0.501. The van der Waals surface area contributed by atoms with Crippen molar-refractivity contribution in [2.75, 3.05) is 19.8 Å². The molecule has 1 N–H and O–H groups in total. The molecular weight excluding hydrogens is 219 g/mol. The second-order valence-corrected chi connectivity index (χ2v) is 4.59. The Hall–Kier alpha value is -0.150. The molecule has 1 atom stereocenters. The van der Waals surface area contributed by atoms with Crippen molar-refractivity contribution in [3.8, 4) is 0 Å². The van der Waals surface area contributed by atoms with E-state index in [-0.39, 0.29) is 6.61 Å². The monoisotopic (exact) mass is 248 g/mol. The number of ether oxygens (including phenoxy) is 1. The highest BCUT2D eigenvalue weighted by atomic mass is 19.1. The first kappa shape index (κ1) is 16.9. The van der Waals surface area contributed by atoms with Crippen LogP contribution in [-0.4, -0.2) is 31.1 Å². The number of aliphatic hydroxyl groups excluding tert-OH is 1. The molecule has 0 aliphatic rings. The summed E-state index contributed by atoms with van der Waals surface area (Å²) >= 11 is 0. The number of hydrogen-bond acceptors (Lipinski definition) is 2. The summed E-state index contributed by atoms with van der Waals surface area (Å²) in [4.78, 5) is 0. The first-order valence-corrected chi connectivity index (χ1v) is 7.14. The fourth-order valence-corrected chi connectivity index (χ4v) is 1.87. The summed E-state index contributed by atoms with van der Waals surface area (Å²) in [7, 11) is 0. The van der Waals surface area contributed by atoms with E-state index in [2.05, 4.69) is 0 Å². The maximum Gasteiger partial charge on any atom is 0.123 e. The second-order valence-electron chi connectivity index (χ2n) is 4.59. The summed E-state index contributed by atoms with van der Waals surface area (Å²) in [6.07, 6.45) is 8.98. The van der Waals surface area contributed by atoms with E-state index >= 15 is 0 Å². The van der Waals surface area contributed by atoms with Gasteiger partial charge < -0.3 is 9.84 Å². The number of unbranched alkanes of at least 4 members (excludes halogenated alkanes) is 7. The van der Waals surface area contributed by atoms with Gasteiger partial charge in [-0.25, -0.2) is 4.39 Å². The molecule has 17 heavy (non-hydrogen) atoms. The molecule has 0 heterocycles. The van der Waals surface area contributed by atoms with E-state index in [0.717, 1.165) is 26.1 Å². The SMILES string of the molecule is CCOCCCCCCCCCCC(F)CO. The smallest absolute Gasteiger partial charge is 0.123 e. The molecule has 0 radical (unpaired) electrons. The molecule has 0 rings (SSSR count). The molecule has 0 bridgehead atoms. The van der Waals surface area contributed by atoms with Crippen molar-refractivity contribution in [3.63, 3.8) is 0 Å². The van der Waals surface area contributed by atoms with Crippen molar-refractivity contribution in [1.29, 1.82) is 0 Å². The summed E-state index contributed by atoms with van der Waals surface area (Å²) in [5.41, 5.74) is 0. The molecule has 0 aliphatic heterocycles. The van der Waals surface area contributed by atoms with Gasteiger partial charge in [0.2, 0.25) is 0 Å². The van der Waals surface area contributed by atoms with Crippen molar-refractivity contribution in [2.24, 2.45) is 0 Å². The van der Waals surface area contributed by atoms with Gasteiger partial charge in [0.25, 0.3) is 0 Å². The van der Waals surface area contributed by atoms with Gasteiger partial charge in [0, 0.05) is 13.2 Å². The predicted octanol–water partition coefficient (Wildman–Crippen LogP) is 3.86. The van der Waals surface area contributed by atoms with Crippen LogP contribution in [0.2, 0.25) is 0 Å². The molecule has 0 spiro atoms. The normalized spacial score (nSPS) is 12.9. The fourth-order valence-electron chi connectivity index (χ4n) is 1.87. The minimum absolute atomic E-state index is 0.320. The molecule has 0 fully saturated rings. The van der Waals surface area contributed by atoms with Crippen LogP contribution in [0.25, 0.3) is 0 Å². The number of hydrogen-bond donors (Lipinski definition) is 1. The number of rotatable bonds is 13. The van der Waals surface area contributed by atoms with E-state index in [1.54, 1.807) is 0 Å². The summed E-state index contributed by atoms with van der Waals surface area (Å²) in [5.74, 6) is 0. The highest BCUT2D eigenvalue weighted by molar-refractivity contribution is 4.54. The Bertz CT molecular complexity index is 142. The van der Waals surface area contributed by atoms with Crippen LogP contribution < -0.4 is 0 Å². The third-order valence-electron chi connectivity index (χ3n) is 2.96. The molecule has 104 valence electrons. The average molecular weight is 248 g/mol. The number of halogens is 1. The summed E-state index contributed by atoms with van der Waals surface area (Å²) in [6, 6.07) is 0. The van der Waals surface area contributed by atoms with E-state index < -0.39 is 6.17 Å². The Kier molecular flexibility index (Phi) is 13.8. The highest BCUT2D eigenvalue weighted by Crippen LogP contribution is 2.11. The summed E-state index contributed by atoms with van der Waals surface area (Å²) in [5, 5.41) is 8.51. The van der Waals surface area contributed by atoms with Crippen LogP contribution in [0.1, 0.15) is 64.7 Å². The number of alkyl halides is 1. The van der Waals surface area contributed by atoms with Crippen molar-refractivity contribution < 1.29 is 14.2 Å². The van der Waals surface area contributed by atoms with Gasteiger partial charge in [-0.15, -0.1) is 0 Å². The van der Waals surface area contributed by atoms with Gasteiger partial charge in [0.1, 0.15) is 6.17 Å². The van der Waals surface area contributed by atoms with Crippen molar-refractivity contribution in [2.45, 2.75) is 70.9 Å². The molecule has 0 aromatic heterocycles. The molecule has 0 aromatic rings. The molecule has 0 aromatic carbocycles. The number of aliphatic hydroxyl groups is 1. The molecular formula is C14H29FO2. The lowest BCUT2D eigenvalue weighted by molar-refractivity contribution is 0.143. The van der Waals surface area contributed by atoms with Crippen LogP contribution in [-0.2, 0) is 4.74 Å². The van der Waals surface area contributed by atoms with Crippen LogP contribution in [0.15, 0.2) is 0 Å². The lowest BCUT2D eigenvalue weighted by Crippen LogP contribution is -2.04. The minimum Gasteiger partial charge on any atom is -0.393 e. The first-order chi connectivity index (χ1) is 8.31. The average Bonchev–Trinajstić information content (AvgIpc) is 2.35. The van der Waals surface area contributed by atoms with Gasteiger partial charge in [-0.1, -0.05) is 44.9 Å². The molecule has 0 saturated carbocycles. The van der Waals surface area contributed by atoms with Gasteiger partial charge in [0.15, 0.2) is 0 Å². The first-order valence-electron chi connectivity index (χ1n) is 7.14. The van der Waals surface area contributed by atoms with Crippen molar-refractivity contribution >= 4 is 0 Å². The van der Waals surface area contributed by atoms with Gasteiger partial charge >= 0.3 is 0 Å². The van der Waals surface area contributed by atoms with Gasteiger partial charge in [-0.2, -0.15) is 0 Å². The molecule has 0 saturated heterocycles. The third-order valence-corrected chi connectivity index (χ3v) is 2.96. The summed E-state index contributed by atoms with van der Waals surface area (Å²) < 4.78 is 17.9. The Labute approximate surface area is 106 Å². The van der Waals surface area contributed by atoms with Crippen LogP contribution in [0.4, 0.5) is 4.39 Å². The lowest BCUT2D eigenvalue weighted by atomic mass is 10.1. The standard InChI is InChI=1S/C14H29FO2/c1-2-17-12-10-8-6-4-3-5-7-9-11-14(15)13-16/h14,16H,2-13H2,1H3. The van der Waals surface area contributed by atoms with Crippen molar-refractivity contribution in [3.05, 3.63) is 0 Å². The van der Waals surface area contributed by atoms with Crippen LogP contribution in [0.5, 0.6) is 0 Å². The molecule has 0 amide bonds. The molecule has 0 aliphatic carbocycles.